The number of hydrogen-bond acceptors (Lipinski definition) is 2. The first-order valence-corrected chi connectivity index (χ1v) is 4.89. The van der Waals surface area contributed by atoms with Crippen LogP contribution in [-0.2, 0) is 0 Å². The van der Waals surface area contributed by atoms with Gasteiger partial charge in [-0.3, -0.25) is 5.10 Å². The van der Waals surface area contributed by atoms with Gasteiger partial charge in [-0.25, -0.2) is 0 Å². The zero-order valence-electron chi connectivity index (χ0n) is 7.53. The van der Waals surface area contributed by atoms with E-state index in [9.17, 15) is 0 Å². The van der Waals surface area contributed by atoms with Crippen molar-refractivity contribution in [3.8, 4) is 0 Å². The smallest absolute Gasteiger partial charge is 0.0627 e. The first-order chi connectivity index (χ1) is 6.43. The summed E-state index contributed by atoms with van der Waals surface area (Å²) in [5.74, 6) is 0.769. The molecule has 2 bridgehead atoms. The standard InChI is InChI=1S/C10H13N3/c1-4-11-12-10(1)9-7-13-5-2-8(9)3-6-13/h1,4,7-8H,2-3,5-6H2,(H,11,12). The molecule has 3 nitrogen and oxygen atoms in total. The maximum absolute atomic E-state index is 4.00. The molecule has 4 heterocycles. The van der Waals surface area contributed by atoms with Crippen LogP contribution in [0.2, 0.25) is 0 Å². The van der Waals surface area contributed by atoms with E-state index in [0.717, 1.165) is 5.92 Å². The summed E-state index contributed by atoms with van der Waals surface area (Å²) in [5, 5.41) is 7.04. The Bertz CT molecular complexity index is 318. The molecule has 1 aromatic heterocycles. The highest BCUT2D eigenvalue weighted by Crippen LogP contribution is 2.36. The molecule has 0 saturated carbocycles. The van der Waals surface area contributed by atoms with Crippen LogP contribution in [0.15, 0.2) is 18.5 Å². The summed E-state index contributed by atoms with van der Waals surface area (Å²) in [7, 11) is 0. The van der Waals surface area contributed by atoms with E-state index in [0.29, 0.717) is 0 Å². The average molecular weight is 175 g/mol. The molecule has 1 N–H and O–H groups in total. The number of hydrogen-bond donors (Lipinski definition) is 1. The molecular weight excluding hydrogens is 162 g/mol. The highest BCUT2D eigenvalue weighted by molar-refractivity contribution is 5.65. The van der Waals surface area contributed by atoms with Crippen molar-refractivity contribution in [3.63, 3.8) is 0 Å². The number of allylic oxidation sites excluding steroid dienone is 1. The number of aromatic amines is 1. The van der Waals surface area contributed by atoms with E-state index >= 15 is 0 Å². The summed E-state index contributed by atoms with van der Waals surface area (Å²) in [6.45, 7) is 2.48. The van der Waals surface area contributed by atoms with Crippen molar-refractivity contribution in [1.82, 2.24) is 15.1 Å². The van der Waals surface area contributed by atoms with Crippen LogP contribution >= 0.6 is 0 Å². The molecule has 1 aromatic rings. The lowest BCUT2D eigenvalue weighted by atomic mass is 9.84. The maximum atomic E-state index is 4.00. The second kappa shape index (κ2) is 2.62. The van der Waals surface area contributed by atoms with Crippen molar-refractivity contribution in [3.05, 3.63) is 24.2 Å². The Kier molecular flexibility index (Phi) is 1.45. The zero-order valence-corrected chi connectivity index (χ0v) is 7.53. The number of nitrogens with zero attached hydrogens (tertiary/aromatic N) is 2. The van der Waals surface area contributed by atoms with Gasteiger partial charge >= 0.3 is 0 Å². The first-order valence-electron chi connectivity index (χ1n) is 4.89. The van der Waals surface area contributed by atoms with Gasteiger partial charge in [0.25, 0.3) is 0 Å². The van der Waals surface area contributed by atoms with E-state index in [1.807, 2.05) is 6.20 Å². The Morgan fingerprint density at radius 3 is 2.77 bits per heavy atom. The van der Waals surface area contributed by atoms with Gasteiger partial charge in [0.1, 0.15) is 0 Å². The molecule has 0 amide bonds. The molecule has 1 fully saturated rings. The molecule has 3 aliphatic rings. The second-order valence-corrected chi connectivity index (χ2v) is 3.86. The topological polar surface area (TPSA) is 31.9 Å². The number of H-pyrrole nitrogens is 1. The molecule has 13 heavy (non-hydrogen) atoms. The summed E-state index contributed by atoms with van der Waals surface area (Å²) < 4.78 is 0. The summed E-state index contributed by atoms with van der Waals surface area (Å²) in [4.78, 5) is 2.41. The molecule has 0 aromatic carbocycles. The number of rotatable bonds is 1. The third-order valence-corrected chi connectivity index (χ3v) is 3.10. The lowest BCUT2D eigenvalue weighted by molar-refractivity contribution is 0.252. The molecule has 0 spiro atoms. The predicted octanol–water partition coefficient (Wildman–Crippen LogP) is 1.48. The van der Waals surface area contributed by atoms with E-state index in [1.54, 1.807) is 0 Å². The fourth-order valence-corrected chi connectivity index (χ4v) is 2.35. The molecule has 0 atom stereocenters. The SMILES string of the molecule is C1=C(c2ccn[nH]2)C2CCN1CC2. The summed E-state index contributed by atoms with van der Waals surface area (Å²) in [6.07, 6.45) is 6.74. The van der Waals surface area contributed by atoms with Crippen molar-refractivity contribution in [1.29, 1.82) is 0 Å². The number of piperidine rings is 1. The predicted molar refractivity (Wildman–Crippen MR) is 50.9 cm³/mol. The van der Waals surface area contributed by atoms with E-state index in [1.165, 1.54) is 37.2 Å². The number of nitrogens with one attached hydrogen (secondary N) is 1. The third kappa shape index (κ3) is 1.07. The van der Waals surface area contributed by atoms with Crippen LogP contribution in [0.25, 0.3) is 5.57 Å². The van der Waals surface area contributed by atoms with E-state index in [-0.39, 0.29) is 0 Å². The van der Waals surface area contributed by atoms with Gasteiger partial charge in [-0.1, -0.05) is 0 Å². The van der Waals surface area contributed by atoms with Crippen LogP contribution in [0.3, 0.4) is 0 Å². The van der Waals surface area contributed by atoms with Gasteiger partial charge in [0.05, 0.1) is 5.69 Å². The van der Waals surface area contributed by atoms with Crippen LogP contribution in [0.1, 0.15) is 18.5 Å². The summed E-state index contributed by atoms with van der Waals surface area (Å²) >= 11 is 0. The van der Waals surface area contributed by atoms with Gasteiger partial charge in [0, 0.05) is 25.5 Å². The molecule has 3 aliphatic heterocycles. The lowest BCUT2D eigenvalue weighted by Gasteiger charge is -2.38. The Balaban J connectivity index is 2.00. The van der Waals surface area contributed by atoms with Gasteiger partial charge in [0.15, 0.2) is 0 Å². The Morgan fingerprint density at radius 1 is 1.38 bits per heavy atom. The average Bonchev–Trinajstić information content (AvgIpc) is 2.72. The van der Waals surface area contributed by atoms with Gasteiger partial charge in [-0.15, -0.1) is 0 Å². The molecule has 4 rings (SSSR count). The number of aromatic nitrogens is 2. The van der Waals surface area contributed by atoms with Crippen molar-refractivity contribution in [2.75, 3.05) is 13.1 Å². The highest BCUT2D eigenvalue weighted by atomic mass is 15.1. The first kappa shape index (κ1) is 7.18. The molecule has 0 aliphatic carbocycles. The minimum absolute atomic E-state index is 0.769. The summed E-state index contributed by atoms with van der Waals surface area (Å²) in [5.41, 5.74) is 2.66. The molecule has 3 heteroatoms. The number of fused-ring (bicyclic) bond motifs is 2. The van der Waals surface area contributed by atoms with E-state index in [4.69, 9.17) is 0 Å². The van der Waals surface area contributed by atoms with E-state index in [2.05, 4.69) is 27.4 Å². The fourth-order valence-electron chi connectivity index (χ4n) is 2.35. The highest BCUT2D eigenvalue weighted by Gasteiger charge is 2.27. The maximum Gasteiger partial charge on any atom is 0.0627 e. The van der Waals surface area contributed by atoms with Crippen LogP contribution in [0.5, 0.6) is 0 Å². The van der Waals surface area contributed by atoms with Crippen molar-refractivity contribution in [2.45, 2.75) is 12.8 Å². The van der Waals surface area contributed by atoms with Gasteiger partial charge in [0.2, 0.25) is 0 Å². The molecule has 68 valence electrons. The van der Waals surface area contributed by atoms with Crippen LogP contribution in [-0.4, -0.2) is 28.2 Å². The molecule has 1 saturated heterocycles. The Morgan fingerprint density at radius 2 is 2.23 bits per heavy atom. The molecule has 0 radical (unpaired) electrons. The third-order valence-electron chi connectivity index (χ3n) is 3.10. The minimum Gasteiger partial charge on any atom is -0.377 e. The fraction of sp³-hybridized carbons (Fsp3) is 0.500. The van der Waals surface area contributed by atoms with Gasteiger partial charge in [-0.05, 0) is 30.4 Å². The monoisotopic (exact) mass is 175 g/mol. The quantitative estimate of drug-likeness (QED) is 0.701. The summed E-state index contributed by atoms with van der Waals surface area (Å²) in [6, 6.07) is 2.06. The van der Waals surface area contributed by atoms with Crippen molar-refractivity contribution >= 4 is 5.57 Å². The lowest BCUT2D eigenvalue weighted by Crippen LogP contribution is -2.35. The van der Waals surface area contributed by atoms with Gasteiger partial charge in [-0.2, -0.15) is 5.10 Å². The zero-order chi connectivity index (χ0) is 8.67. The van der Waals surface area contributed by atoms with Crippen LogP contribution in [0.4, 0.5) is 0 Å². The largest absolute Gasteiger partial charge is 0.377 e. The van der Waals surface area contributed by atoms with Crippen LogP contribution < -0.4 is 0 Å². The molecular formula is C10H13N3. The van der Waals surface area contributed by atoms with E-state index < -0.39 is 0 Å². The normalized spacial score (nSPS) is 22.2. The minimum atomic E-state index is 0.769. The van der Waals surface area contributed by atoms with Crippen molar-refractivity contribution < 1.29 is 0 Å². The van der Waals surface area contributed by atoms with Crippen LogP contribution in [0, 0.1) is 5.92 Å². The Labute approximate surface area is 77.4 Å². The Hall–Kier alpha value is -1.25. The van der Waals surface area contributed by atoms with Crippen molar-refractivity contribution in [2.24, 2.45) is 5.92 Å². The second-order valence-electron chi connectivity index (χ2n) is 3.86. The molecule has 0 unspecified atom stereocenters. The van der Waals surface area contributed by atoms with Gasteiger partial charge < -0.3 is 4.90 Å².